The van der Waals surface area contributed by atoms with E-state index in [2.05, 4.69) is 66.0 Å². The van der Waals surface area contributed by atoms with E-state index in [0.29, 0.717) is 12.6 Å². The first kappa shape index (κ1) is 25.4. The Balaban J connectivity index is 1.40. The molecule has 0 bridgehead atoms. The Morgan fingerprint density at radius 2 is 2.06 bits per heavy atom. The van der Waals surface area contributed by atoms with E-state index in [1.54, 1.807) is 0 Å². The Morgan fingerprint density at radius 3 is 2.83 bits per heavy atom. The molecule has 4 rings (SSSR count). The van der Waals surface area contributed by atoms with Gasteiger partial charge in [-0.1, -0.05) is 61.4 Å². The van der Waals surface area contributed by atoms with Crippen LogP contribution >= 0.6 is 11.6 Å². The fourth-order valence-corrected chi connectivity index (χ4v) is 5.45. The zero-order valence-electron chi connectivity index (χ0n) is 21.2. The van der Waals surface area contributed by atoms with Crippen molar-refractivity contribution in [2.75, 3.05) is 18.0 Å². The van der Waals surface area contributed by atoms with Crippen LogP contribution in [0.15, 0.2) is 78.4 Å². The molecule has 0 radical (unpaired) electrons. The summed E-state index contributed by atoms with van der Waals surface area (Å²) >= 11 is 6.35. The third kappa shape index (κ3) is 6.31. The maximum atomic E-state index is 6.40. The summed E-state index contributed by atoms with van der Waals surface area (Å²) in [7, 11) is 0. The van der Waals surface area contributed by atoms with Crippen molar-refractivity contribution in [1.29, 1.82) is 0 Å². The highest BCUT2D eigenvalue weighted by Crippen LogP contribution is 2.30. The second-order valence-corrected chi connectivity index (χ2v) is 10.2. The van der Waals surface area contributed by atoms with Crippen LogP contribution in [0.5, 0.6) is 0 Å². The zero-order chi connectivity index (χ0) is 24.8. The van der Waals surface area contributed by atoms with Gasteiger partial charge in [-0.2, -0.15) is 0 Å². The molecular formula is C30H39ClN4. The Labute approximate surface area is 216 Å². The SMILES string of the molecule is C=CN(/C=C(/C)CCC)c1ccc2c(c1)CCC(N1CCC(N)=C(NCc3ccccc3Cl)C1)C2. The van der Waals surface area contributed by atoms with Crippen LogP contribution in [-0.4, -0.2) is 24.0 Å². The Kier molecular flexibility index (Phi) is 8.59. The van der Waals surface area contributed by atoms with Crippen molar-refractivity contribution < 1.29 is 0 Å². The molecule has 1 heterocycles. The number of nitrogens with one attached hydrogen (secondary N) is 1. The third-order valence-electron chi connectivity index (χ3n) is 7.27. The highest BCUT2D eigenvalue weighted by Gasteiger charge is 2.28. The fraction of sp³-hybridized carbons (Fsp3) is 0.400. The lowest BCUT2D eigenvalue weighted by Crippen LogP contribution is -2.46. The summed E-state index contributed by atoms with van der Waals surface area (Å²) in [5.41, 5.74) is 15.1. The van der Waals surface area contributed by atoms with Crippen molar-refractivity contribution in [2.45, 2.75) is 65.0 Å². The number of hydrogen-bond acceptors (Lipinski definition) is 4. The molecular weight excluding hydrogens is 452 g/mol. The van der Waals surface area contributed by atoms with Gasteiger partial charge >= 0.3 is 0 Å². The van der Waals surface area contributed by atoms with Crippen LogP contribution in [0.3, 0.4) is 0 Å². The molecule has 1 atom stereocenters. The second-order valence-electron chi connectivity index (χ2n) is 9.83. The molecule has 0 aromatic heterocycles. The molecule has 186 valence electrons. The summed E-state index contributed by atoms with van der Waals surface area (Å²) in [5.74, 6) is 0. The van der Waals surface area contributed by atoms with Crippen LogP contribution in [0.2, 0.25) is 5.02 Å². The number of aryl methyl sites for hydroxylation is 1. The largest absolute Gasteiger partial charge is 0.401 e. The molecule has 0 amide bonds. The van der Waals surface area contributed by atoms with Crippen molar-refractivity contribution in [3.63, 3.8) is 0 Å². The maximum absolute atomic E-state index is 6.40. The lowest BCUT2D eigenvalue weighted by atomic mass is 9.86. The molecule has 1 aliphatic heterocycles. The predicted molar refractivity (Wildman–Crippen MR) is 149 cm³/mol. The van der Waals surface area contributed by atoms with Crippen LogP contribution in [0, 0.1) is 0 Å². The van der Waals surface area contributed by atoms with E-state index in [4.69, 9.17) is 17.3 Å². The number of rotatable bonds is 9. The van der Waals surface area contributed by atoms with Crippen molar-refractivity contribution in [3.8, 4) is 0 Å². The number of halogens is 1. The van der Waals surface area contributed by atoms with Gasteiger partial charge in [0.25, 0.3) is 0 Å². The van der Waals surface area contributed by atoms with Gasteiger partial charge in [-0.25, -0.2) is 0 Å². The van der Waals surface area contributed by atoms with Gasteiger partial charge in [0, 0.05) is 66.6 Å². The molecule has 4 nitrogen and oxygen atoms in total. The van der Waals surface area contributed by atoms with Crippen LogP contribution in [0.4, 0.5) is 5.69 Å². The Hall–Kier alpha value is -2.69. The van der Waals surface area contributed by atoms with Gasteiger partial charge in [-0.3, -0.25) is 4.90 Å². The van der Waals surface area contributed by atoms with Gasteiger partial charge < -0.3 is 16.0 Å². The summed E-state index contributed by atoms with van der Waals surface area (Å²) in [5, 5.41) is 4.37. The first-order chi connectivity index (χ1) is 17.0. The highest BCUT2D eigenvalue weighted by molar-refractivity contribution is 6.31. The number of fused-ring (bicyclic) bond motifs is 1. The van der Waals surface area contributed by atoms with Gasteiger partial charge in [-0.15, -0.1) is 0 Å². The Morgan fingerprint density at radius 1 is 1.23 bits per heavy atom. The smallest absolute Gasteiger partial charge is 0.0455 e. The minimum absolute atomic E-state index is 0.542. The highest BCUT2D eigenvalue weighted by atomic mass is 35.5. The quantitative estimate of drug-likeness (QED) is 0.420. The van der Waals surface area contributed by atoms with E-state index in [1.165, 1.54) is 28.8 Å². The van der Waals surface area contributed by atoms with E-state index < -0.39 is 0 Å². The molecule has 2 aromatic carbocycles. The maximum Gasteiger partial charge on any atom is 0.0455 e. The molecule has 0 spiro atoms. The number of hydrogen-bond donors (Lipinski definition) is 2. The number of allylic oxidation sites excluding steroid dienone is 1. The second kappa shape index (κ2) is 11.8. The number of benzene rings is 2. The average Bonchev–Trinajstić information content (AvgIpc) is 2.87. The Bertz CT molecular complexity index is 1100. The topological polar surface area (TPSA) is 44.5 Å². The van der Waals surface area contributed by atoms with E-state index in [1.807, 2.05) is 24.4 Å². The summed E-state index contributed by atoms with van der Waals surface area (Å²) in [6.45, 7) is 11.0. The van der Waals surface area contributed by atoms with Crippen molar-refractivity contribution in [1.82, 2.24) is 10.2 Å². The van der Waals surface area contributed by atoms with Crippen molar-refractivity contribution in [2.24, 2.45) is 5.73 Å². The summed E-state index contributed by atoms with van der Waals surface area (Å²) < 4.78 is 0. The van der Waals surface area contributed by atoms with Crippen LogP contribution < -0.4 is 16.0 Å². The molecule has 35 heavy (non-hydrogen) atoms. The van der Waals surface area contributed by atoms with E-state index in [9.17, 15) is 0 Å². The lowest BCUT2D eigenvalue weighted by Gasteiger charge is -2.39. The molecule has 1 aliphatic carbocycles. The third-order valence-corrected chi connectivity index (χ3v) is 7.64. The minimum Gasteiger partial charge on any atom is -0.401 e. The standard InChI is InChI=1S/C30H39ClN4/c1-4-8-22(3)20-34(5-2)26-13-11-24-18-27(14-12-23(24)17-26)35-16-15-29(32)30(21-35)33-19-25-9-6-7-10-28(25)31/h5-7,9-11,13,17,20,27,33H,2,4,8,12,14-16,18-19,21,32H2,1,3H3/b22-20-. The van der Waals surface area contributed by atoms with Crippen LogP contribution in [0.1, 0.15) is 56.2 Å². The van der Waals surface area contributed by atoms with E-state index in [0.717, 1.165) is 67.2 Å². The molecule has 1 unspecified atom stereocenters. The van der Waals surface area contributed by atoms with Gasteiger partial charge in [0.2, 0.25) is 0 Å². The molecule has 2 aromatic rings. The van der Waals surface area contributed by atoms with E-state index >= 15 is 0 Å². The van der Waals surface area contributed by atoms with Crippen molar-refractivity contribution >= 4 is 17.3 Å². The molecule has 2 aliphatic rings. The fourth-order valence-electron chi connectivity index (χ4n) is 5.25. The number of nitrogens with zero attached hydrogens (tertiary/aromatic N) is 2. The molecule has 3 N–H and O–H groups in total. The number of nitrogens with two attached hydrogens (primary N) is 1. The van der Waals surface area contributed by atoms with E-state index in [-0.39, 0.29) is 0 Å². The van der Waals surface area contributed by atoms with Crippen LogP contribution in [0.25, 0.3) is 0 Å². The summed E-state index contributed by atoms with van der Waals surface area (Å²) in [6.07, 6.45) is 10.7. The summed E-state index contributed by atoms with van der Waals surface area (Å²) in [4.78, 5) is 4.77. The minimum atomic E-state index is 0.542. The molecule has 0 fully saturated rings. The first-order valence-electron chi connectivity index (χ1n) is 12.9. The van der Waals surface area contributed by atoms with Gasteiger partial charge in [-0.05, 0) is 67.5 Å². The molecule has 0 saturated heterocycles. The monoisotopic (exact) mass is 490 g/mol. The number of anilines is 1. The first-order valence-corrected chi connectivity index (χ1v) is 13.2. The van der Waals surface area contributed by atoms with Crippen molar-refractivity contribution in [3.05, 3.63) is 100 Å². The molecule has 5 heteroatoms. The van der Waals surface area contributed by atoms with Gasteiger partial charge in [0.05, 0.1) is 0 Å². The van der Waals surface area contributed by atoms with Crippen LogP contribution in [-0.2, 0) is 19.4 Å². The normalized spacial score (nSPS) is 18.8. The summed E-state index contributed by atoms with van der Waals surface area (Å²) in [6, 6.07) is 15.4. The lowest BCUT2D eigenvalue weighted by molar-refractivity contribution is 0.183. The molecule has 0 saturated carbocycles. The van der Waals surface area contributed by atoms with Gasteiger partial charge in [0.15, 0.2) is 0 Å². The predicted octanol–water partition coefficient (Wildman–Crippen LogP) is 6.52. The van der Waals surface area contributed by atoms with Gasteiger partial charge in [0.1, 0.15) is 0 Å². The zero-order valence-corrected chi connectivity index (χ0v) is 22.0. The average molecular weight is 491 g/mol.